The van der Waals surface area contributed by atoms with Gasteiger partial charge in [-0.25, -0.2) is 9.97 Å². The highest BCUT2D eigenvalue weighted by atomic mass is 16.5. The second-order valence-electron chi connectivity index (χ2n) is 6.68. The first kappa shape index (κ1) is 17.6. The van der Waals surface area contributed by atoms with Crippen molar-refractivity contribution in [1.82, 2.24) is 19.4 Å². The highest BCUT2D eigenvalue weighted by Gasteiger charge is 2.25. The summed E-state index contributed by atoms with van der Waals surface area (Å²) in [5, 5.41) is 9.08. The molecule has 1 fully saturated rings. The van der Waals surface area contributed by atoms with E-state index in [-0.39, 0.29) is 18.6 Å². The Balaban J connectivity index is 1.53. The van der Waals surface area contributed by atoms with Crippen LogP contribution in [0.3, 0.4) is 0 Å². The van der Waals surface area contributed by atoms with Crippen LogP contribution in [-0.2, 0) is 11.3 Å². The van der Waals surface area contributed by atoms with Crippen LogP contribution < -0.4 is 0 Å². The van der Waals surface area contributed by atoms with Crippen molar-refractivity contribution in [1.29, 1.82) is 0 Å². The second-order valence-corrected chi connectivity index (χ2v) is 6.68. The van der Waals surface area contributed by atoms with Gasteiger partial charge >= 0.3 is 0 Å². The quantitative estimate of drug-likeness (QED) is 0.743. The number of pyridine rings is 1. The number of ether oxygens (including phenoxy) is 1. The SMILES string of the molecule is O=C(c1cnc2c(c1)ncn2Cc1ccccc1)N1CCOC(CCO)C1. The van der Waals surface area contributed by atoms with E-state index in [1.165, 1.54) is 5.56 Å². The molecule has 1 aromatic carbocycles. The summed E-state index contributed by atoms with van der Waals surface area (Å²) in [6.07, 6.45) is 3.79. The topological polar surface area (TPSA) is 80.5 Å². The van der Waals surface area contributed by atoms with Gasteiger partial charge in [-0.15, -0.1) is 0 Å². The predicted molar refractivity (Wildman–Crippen MR) is 100 cm³/mol. The molecule has 4 rings (SSSR count). The zero-order chi connectivity index (χ0) is 18.6. The summed E-state index contributed by atoms with van der Waals surface area (Å²) in [6, 6.07) is 11.9. The van der Waals surface area contributed by atoms with Crippen molar-refractivity contribution in [2.75, 3.05) is 26.3 Å². The molecule has 0 bridgehead atoms. The van der Waals surface area contributed by atoms with Crippen LogP contribution in [0.1, 0.15) is 22.3 Å². The lowest BCUT2D eigenvalue weighted by Gasteiger charge is -2.32. The van der Waals surface area contributed by atoms with Gasteiger partial charge in [-0.1, -0.05) is 30.3 Å². The van der Waals surface area contributed by atoms with Crippen LogP contribution in [-0.4, -0.2) is 62.9 Å². The van der Waals surface area contributed by atoms with E-state index in [4.69, 9.17) is 9.84 Å². The molecule has 1 saturated heterocycles. The monoisotopic (exact) mass is 366 g/mol. The van der Waals surface area contributed by atoms with Crippen molar-refractivity contribution in [2.24, 2.45) is 0 Å². The third-order valence-electron chi connectivity index (χ3n) is 4.78. The smallest absolute Gasteiger partial charge is 0.255 e. The number of nitrogens with zero attached hydrogens (tertiary/aromatic N) is 4. The van der Waals surface area contributed by atoms with Crippen molar-refractivity contribution in [3.8, 4) is 0 Å². The largest absolute Gasteiger partial charge is 0.396 e. The number of benzene rings is 1. The minimum Gasteiger partial charge on any atom is -0.396 e. The maximum absolute atomic E-state index is 12.8. The molecule has 1 aliphatic rings. The maximum Gasteiger partial charge on any atom is 0.255 e. The maximum atomic E-state index is 12.8. The van der Waals surface area contributed by atoms with Crippen molar-refractivity contribution >= 4 is 17.1 Å². The number of hydrogen-bond acceptors (Lipinski definition) is 5. The Hall–Kier alpha value is -2.77. The van der Waals surface area contributed by atoms with Gasteiger partial charge in [0, 0.05) is 25.9 Å². The first-order chi connectivity index (χ1) is 13.2. The summed E-state index contributed by atoms with van der Waals surface area (Å²) in [5.74, 6) is -0.0757. The van der Waals surface area contributed by atoms with E-state index in [1.54, 1.807) is 23.5 Å². The average molecular weight is 366 g/mol. The Morgan fingerprint density at radius 3 is 2.93 bits per heavy atom. The number of morpholine rings is 1. The zero-order valence-electron chi connectivity index (χ0n) is 15.0. The molecule has 0 radical (unpaired) electrons. The molecule has 27 heavy (non-hydrogen) atoms. The molecule has 3 heterocycles. The number of fused-ring (bicyclic) bond motifs is 1. The summed E-state index contributed by atoms with van der Waals surface area (Å²) >= 11 is 0. The summed E-state index contributed by atoms with van der Waals surface area (Å²) in [7, 11) is 0. The molecule has 3 aromatic rings. The van der Waals surface area contributed by atoms with Gasteiger partial charge in [0.1, 0.15) is 5.52 Å². The van der Waals surface area contributed by atoms with E-state index in [0.29, 0.717) is 43.7 Å². The van der Waals surface area contributed by atoms with Gasteiger partial charge in [0.25, 0.3) is 5.91 Å². The van der Waals surface area contributed by atoms with Gasteiger partial charge in [0.15, 0.2) is 5.65 Å². The Morgan fingerprint density at radius 1 is 1.26 bits per heavy atom. The standard InChI is InChI=1S/C20H22N4O3/c25-8-6-17-13-23(7-9-27-17)20(26)16-10-18-19(21-11-16)24(14-22-18)12-15-4-2-1-3-5-15/h1-5,10-11,14,17,25H,6-9,12-13H2. The second kappa shape index (κ2) is 7.85. The number of hydrogen-bond donors (Lipinski definition) is 1. The molecule has 1 unspecified atom stereocenters. The predicted octanol–water partition coefficient (Wildman–Crippen LogP) is 1.70. The van der Waals surface area contributed by atoms with Crippen LogP contribution in [0.5, 0.6) is 0 Å². The van der Waals surface area contributed by atoms with Crippen LogP contribution in [0.4, 0.5) is 0 Å². The Labute approximate surface area is 157 Å². The third kappa shape index (κ3) is 3.84. The number of aromatic nitrogens is 3. The molecule has 140 valence electrons. The summed E-state index contributed by atoms with van der Waals surface area (Å²) in [5.41, 5.74) is 3.16. The lowest BCUT2D eigenvalue weighted by molar-refractivity contribution is -0.0307. The lowest BCUT2D eigenvalue weighted by Crippen LogP contribution is -2.45. The Bertz CT molecular complexity index is 923. The van der Waals surface area contributed by atoms with Crippen molar-refractivity contribution in [2.45, 2.75) is 19.1 Å². The van der Waals surface area contributed by atoms with Gasteiger partial charge < -0.3 is 19.3 Å². The molecular formula is C20H22N4O3. The van der Waals surface area contributed by atoms with Crippen molar-refractivity contribution in [3.05, 3.63) is 60.0 Å². The van der Waals surface area contributed by atoms with E-state index in [0.717, 1.165) is 5.65 Å². The lowest BCUT2D eigenvalue weighted by atomic mass is 10.1. The highest BCUT2D eigenvalue weighted by molar-refractivity contribution is 5.96. The molecule has 1 aliphatic heterocycles. The first-order valence-corrected chi connectivity index (χ1v) is 9.11. The number of imidazole rings is 1. The Kier molecular flexibility index (Phi) is 5.13. The van der Waals surface area contributed by atoms with Crippen LogP contribution in [0, 0.1) is 0 Å². The molecule has 1 atom stereocenters. The molecular weight excluding hydrogens is 344 g/mol. The molecule has 0 saturated carbocycles. The van der Waals surface area contributed by atoms with Crippen molar-refractivity contribution < 1.29 is 14.6 Å². The number of amides is 1. The van der Waals surface area contributed by atoms with Gasteiger partial charge in [0.05, 0.1) is 31.1 Å². The summed E-state index contributed by atoms with van der Waals surface area (Å²) < 4.78 is 7.56. The fourth-order valence-corrected chi connectivity index (χ4v) is 3.37. The molecule has 0 spiro atoms. The number of aliphatic hydroxyl groups is 1. The van der Waals surface area contributed by atoms with Gasteiger partial charge in [0.2, 0.25) is 0 Å². The van der Waals surface area contributed by atoms with Crippen LogP contribution in [0.15, 0.2) is 48.9 Å². The van der Waals surface area contributed by atoms with E-state index >= 15 is 0 Å². The first-order valence-electron chi connectivity index (χ1n) is 9.11. The minimum absolute atomic E-state index is 0.0546. The number of carbonyl (C=O) groups is 1. The van der Waals surface area contributed by atoms with Gasteiger partial charge in [-0.05, 0) is 18.1 Å². The molecule has 7 nitrogen and oxygen atoms in total. The molecule has 0 aliphatic carbocycles. The minimum atomic E-state index is -0.116. The number of aliphatic hydroxyl groups excluding tert-OH is 1. The normalized spacial score (nSPS) is 17.4. The average Bonchev–Trinajstić information content (AvgIpc) is 3.11. The molecule has 7 heteroatoms. The van der Waals surface area contributed by atoms with Gasteiger partial charge in [-0.2, -0.15) is 0 Å². The third-order valence-corrected chi connectivity index (χ3v) is 4.78. The van der Waals surface area contributed by atoms with Gasteiger partial charge in [-0.3, -0.25) is 4.79 Å². The van der Waals surface area contributed by atoms with E-state index in [9.17, 15) is 4.79 Å². The van der Waals surface area contributed by atoms with Crippen molar-refractivity contribution in [3.63, 3.8) is 0 Å². The number of rotatable bonds is 5. The van der Waals surface area contributed by atoms with E-state index in [1.807, 2.05) is 22.8 Å². The fraction of sp³-hybridized carbons (Fsp3) is 0.350. The van der Waals surface area contributed by atoms with E-state index < -0.39 is 0 Å². The fourth-order valence-electron chi connectivity index (χ4n) is 3.37. The van der Waals surface area contributed by atoms with Crippen LogP contribution in [0.2, 0.25) is 0 Å². The highest BCUT2D eigenvalue weighted by Crippen LogP contribution is 2.17. The molecule has 1 amide bonds. The van der Waals surface area contributed by atoms with Crippen LogP contribution >= 0.6 is 0 Å². The number of carbonyl (C=O) groups excluding carboxylic acids is 1. The van der Waals surface area contributed by atoms with Crippen LogP contribution in [0.25, 0.3) is 11.2 Å². The molecule has 2 aromatic heterocycles. The van der Waals surface area contributed by atoms with E-state index in [2.05, 4.69) is 22.1 Å². The summed E-state index contributed by atoms with van der Waals surface area (Å²) in [6.45, 7) is 2.25. The zero-order valence-corrected chi connectivity index (χ0v) is 15.0. The Morgan fingerprint density at radius 2 is 2.11 bits per heavy atom. The summed E-state index contributed by atoms with van der Waals surface area (Å²) in [4.78, 5) is 23.5. The molecule has 1 N–H and O–H groups in total.